The molecule has 1 aliphatic carbocycles. The van der Waals surface area contributed by atoms with Crippen LogP contribution < -0.4 is 10.6 Å². The Kier molecular flexibility index (Phi) is 5.67. The van der Waals surface area contributed by atoms with Gasteiger partial charge in [-0.05, 0) is 73.9 Å². The van der Waals surface area contributed by atoms with E-state index in [4.69, 9.17) is 16.7 Å². The number of halogens is 1. The summed E-state index contributed by atoms with van der Waals surface area (Å²) in [6.07, 6.45) is 1.82. The lowest BCUT2D eigenvalue weighted by molar-refractivity contribution is -0.114. The molecule has 0 aliphatic heterocycles. The van der Waals surface area contributed by atoms with Gasteiger partial charge in [-0.25, -0.2) is 4.68 Å². The molecule has 1 aromatic heterocycles. The average Bonchev–Trinajstić information content (AvgIpc) is 3.16. The van der Waals surface area contributed by atoms with E-state index in [2.05, 4.69) is 16.7 Å². The first-order valence-corrected chi connectivity index (χ1v) is 11.4. The van der Waals surface area contributed by atoms with Crippen LogP contribution in [0.4, 0.5) is 11.4 Å². The predicted molar refractivity (Wildman–Crippen MR) is 135 cm³/mol. The third-order valence-electron chi connectivity index (χ3n) is 6.00. The molecule has 2 amide bonds. The van der Waals surface area contributed by atoms with E-state index in [1.807, 2.05) is 48.0 Å². The zero-order valence-electron chi connectivity index (χ0n) is 18.9. The second-order valence-corrected chi connectivity index (χ2v) is 8.77. The molecule has 34 heavy (non-hydrogen) atoms. The van der Waals surface area contributed by atoms with Crippen LogP contribution in [0.1, 0.15) is 34.1 Å². The van der Waals surface area contributed by atoms with Crippen molar-refractivity contribution in [3.63, 3.8) is 0 Å². The first-order valence-electron chi connectivity index (χ1n) is 11.1. The molecule has 1 aliphatic rings. The fourth-order valence-corrected chi connectivity index (χ4v) is 4.63. The number of aromatic nitrogens is 2. The van der Waals surface area contributed by atoms with Crippen LogP contribution in [0.3, 0.4) is 0 Å². The largest absolute Gasteiger partial charge is 0.326 e. The van der Waals surface area contributed by atoms with Crippen molar-refractivity contribution >= 4 is 34.8 Å². The van der Waals surface area contributed by atoms with Gasteiger partial charge in [-0.1, -0.05) is 29.8 Å². The number of benzene rings is 3. The van der Waals surface area contributed by atoms with Gasteiger partial charge in [0.25, 0.3) is 5.91 Å². The summed E-state index contributed by atoms with van der Waals surface area (Å²) in [7, 11) is 0. The molecule has 4 aromatic rings. The lowest BCUT2D eigenvalue weighted by Gasteiger charge is -2.20. The van der Waals surface area contributed by atoms with Crippen molar-refractivity contribution in [2.45, 2.75) is 26.7 Å². The first-order chi connectivity index (χ1) is 16.4. The van der Waals surface area contributed by atoms with Gasteiger partial charge in [-0.3, -0.25) is 9.59 Å². The van der Waals surface area contributed by atoms with E-state index in [1.165, 1.54) is 18.1 Å². The highest BCUT2D eigenvalue weighted by Crippen LogP contribution is 2.38. The van der Waals surface area contributed by atoms with E-state index in [0.717, 1.165) is 41.2 Å². The van der Waals surface area contributed by atoms with Gasteiger partial charge in [0.1, 0.15) is 0 Å². The van der Waals surface area contributed by atoms with Crippen molar-refractivity contribution < 1.29 is 9.59 Å². The highest BCUT2D eigenvalue weighted by Gasteiger charge is 2.25. The molecule has 1 heterocycles. The third-order valence-corrected chi connectivity index (χ3v) is 6.33. The second kappa shape index (κ2) is 8.80. The van der Waals surface area contributed by atoms with Gasteiger partial charge in [0.2, 0.25) is 5.91 Å². The highest BCUT2D eigenvalue weighted by atomic mass is 35.5. The van der Waals surface area contributed by atoms with E-state index in [9.17, 15) is 9.59 Å². The van der Waals surface area contributed by atoms with E-state index < -0.39 is 0 Å². The van der Waals surface area contributed by atoms with Gasteiger partial charge in [-0.15, -0.1) is 0 Å². The van der Waals surface area contributed by atoms with Crippen LogP contribution in [0.2, 0.25) is 5.02 Å². The molecular weight excluding hydrogens is 448 g/mol. The summed E-state index contributed by atoms with van der Waals surface area (Å²) in [6, 6.07) is 20.6. The maximum absolute atomic E-state index is 12.8. The Morgan fingerprint density at radius 2 is 1.68 bits per heavy atom. The number of anilines is 2. The molecule has 0 radical (unpaired) electrons. The third kappa shape index (κ3) is 4.08. The lowest BCUT2D eigenvalue weighted by Crippen LogP contribution is -2.13. The molecule has 7 heteroatoms. The standard InChI is InChI=1S/C27H23ClN4O2/c1-16-22-14-8-18-7-9-20(30-27(34)23-5-3-4-6-25(23)28)15-24(18)26(22)32(31-16)21-12-10-19(11-13-21)29-17(2)33/h3-7,9-13,15H,8,14H2,1-2H3,(H,29,33)(H,30,34). The van der Waals surface area contributed by atoms with Gasteiger partial charge in [0.05, 0.1) is 27.7 Å². The maximum Gasteiger partial charge on any atom is 0.257 e. The Balaban J connectivity index is 1.52. The zero-order valence-corrected chi connectivity index (χ0v) is 19.6. The number of nitrogens with zero attached hydrogens (tertiary/aromatic N) is 2. The minimum absolute atomic E-state index is 0.111. The van der Waals surface area contributed by atoms with Gasteiger partial charge >= 0.3 is 0 Å². The summed E-state index contributed by atoms with van der Waals surface area (Å²) >= 11 is 6.20. The summed E-state index contributed by atoms with van der Waals surface area (Å²) in [5.41, 5.74) is 8.23. The summed E-state index contributed by atoms with van der Waals surface area (Å²) in [6.45, 7) is 3.51. The van der Waals surface area contributed by atoms with Gasteiger partial charge in [0.15, 0.2) is 0 Å². The number of hydrogen-bond donors (Lipinski definition) is 2. The SMILES string of the molecule is CC(=O)Nc1ccc(-n2nc(C)c3c2-c2cc(NC(=O)c4ccccc4Cl)ccc2CC3)cc1. The van der Waals surface area contributed by atoms with Crippen molar-refractivity contribution in [3.05, 3.63) is 94.1 Å². The summed E-state index contributed by atoms with van der Waals surface area (Å²) in [5, 5.41) is 11.0. The Bertz CT molecular complexity index is 1420. The second-order valence-electron chi connectivity index (χ2n) is 8.36. The normalized spacial score (nSPS) is 12.0. The van der Waals surface area contributed by atoms with Crippen LogP contribution in [-0.4, -0.2) is 21.6 Å². The number of fused-ring (bicyclic) bond motifs is 3. The number of amides is 2. The minimum Gasteiger partial charge on any atom is -0.326 e. The van der Waals surface area contributed by atoms with Crippen LogP contribution in [0.15, 0.2) is 66.7 Å². The fraction of sp³-hybridized carbons (Fsp3) is 0.148. The average molecular weight is 471 g/mol. The Morgan fingerprint density at radius 3 is 2.41 bits per heavy atom. The van der Waals surface area contributed by atoms with Crippen LogP contribution in [0.5, 0.6) is 0 Å². The molecule has 5 rings (SSSR count). The van der Waals surface area contributed by atoms with Crippen LogP contribution in [0.25, 0.3) is 16.9 Å². The predicted octanol–water partition coefficient (Wildman–Crippen LogP) is 5.81. The quantitative estimate of drug-likeness (QED) is 0.395. The molecule has 0 saturated carbocycles. The topological polar surface area (TPSA) is 76.0 Å². The number of aryl methyl sites for hydroxylation is 2. The molecule has 0 spiro atoms. The van der Waals surface area contributed by atoms with Gasteiger partial charge in [-0.2, -0.15) is 5.10 Å². The number of carbonyl (C=O) groups is 2. The molecule has 6 nitrogen and oxygen atoms in total. The zero-order chi connectivity index (χ0) is 23.8. The molecule has 0 fully saturated rings. The summed E-state index contributed by atoms with van der Waals surface area (Å²) in [5.74, 6) is -0.361. The molecular formula is C27H23ClN4O2. The Morgan fingerprint density at radius 1 is 0.941 bits per heavy atom. The minimum atomic E-state index is -0.250. The van der Waals surface area contributed by atoms with Gasteiger partial charge in [0, 0.05) is 29.4 Å². The first kappa shape index (κ1) is 21.9. The van der Waals surface area contributed by atoms with E-state index in [0.29, 0.717) is 16.3 Å². The Labute approximate surface area is 202 Å². The maximum atomic E-state index is 12.8. The molecule has 2 N–H and O–H groups in total. The molecule has 3 aromatic carbocycles. The molecule has 0 atom stereocenters. The smallest absolute Gasteiger partial charge is 0.257 e. The number of hydrogen-bond acceptors (Lipinski definition) is 3. The van der Waals surface area contributed by atoms with E-state index in [-0.39, 0.29) is 11.8 Å². The number of nitrogens with one attached hydrogen (secondary N) is 2. The Hall–Kier alpha value is -3.90. The van der Waals surface area contributed by atoms with Crippen LogP contribution in [0, 0.1) is 6.92 Å². The van der Waals surface area contributed by atoms with Crippen molar-refractivity contribution in [2.75, 3.05) is 10.6 Å². The van der Waals surface area contributed by atoms with E-state index in [1.54, 1.807) is 24.3 Å². The van der Waals surface area contributed by atoms with Crippen molar-refractivity contribution in [1.29, 1.82) is 0 Å². The lowest BCUT2D eigenvalue weighted by atomic mass is 9.88. The fourth-order valence-electron chi connectivity index (χ4n) is 4.41. The van der Waals surface area contributed by atoms with Crippen LogP contribution >= 0.6 is 11.6 Å². The molecule has 170 valence electrons. The van der Waals surface area contributed by atoms with Crippen molar-refractivity contribution in [1.82, 2.24) is 9.78 Å². The molecule has 0 saturated heterocycles. The molecule has 0 bridgehead atoms. The summed E-state index contributed by atoms with van der Waals surface area (Å²) in [4.78, 5) is 24.2. The number of rotatable bonds is 4. The highest BCUT2D eigenvalue weighted by molar-refractivity contribution is 6.34. The van der Waals surface area contributed by atoms with E-state index >= 15 is 0 Å². The van der Waals surface area contributed by atoms with Crippen molar-refractivity contribution in [3.8, 4) is 16.9 Å². The number of carbonyl (C=O) groups excluding carboxylic acids is 2. The monoisotopic (exact) mass is 470 g/mol. The summed E-state index contributed by atoms with van der Waals surface area (Å²) < 4.78 is 1.94. The van der Waals surface area contributed by atoms with Gasteiger partial charge < -0.3 is 10.6 Å². The molecule has 0 unspecified atom stereocenters. The van der Waals surface area contributed by atoms with Crippen LogP contribution in [-0.2, 0) is 17.6 Å². The van der Waals surface area contributed by atoms with Crippen molar-refractivity contribution in [2.24, 2.45) is 0 Å².